The number of ether oxygens (including phenoxy) is 1. The van der Waals surface area contributed by atoms with Gasteiger partial charge >= 0.3 is 11.9 Å². The van der Waals surface area contributed by atoms with E-state index in [0.29, 0.717) is 19.0 Å². The third kappa shape index (κ3) is 10.5. The van der Waals surface area contributed by atoms with Gasteiger partial charge in [-0.3, -0.25) is 13.9 Å². The highest BCUT2D eigenvalue weighted by Gasteiger charge is 2.36. The predicted molar refractivity (Wildman–Crippen MR) is 185 cm³/mol. The number of nitrogens with zero attached hydrogens (tertiary/aromatic N) is 2. The van der Waals surface area contributed by atoms with Crippen LogP contribution < -0.4 is 21.7 Å². The molecule has 13 heteroatoms. The van der Waals surface area contributed by atoms with E-state index in [1.165, 1.54) is 32.2 Å². The molecule has 1 aromatic heterocycles. The molecule has 2 N–H and O–H groups in total. The van der Waals surface area contributed by atoms with Gasteiger partial charge in [-0.05, 0) is 61.9 Å². The Hall–Kier alpha value is -4.91. The third-order valence-electron chi connectivity index (χ3n) is 8.09. The predicted octanol–water partition coefficient (Wildman–Crippen LogP) is 6.75. The van der Waals surface area contributed by atoms with Crippen LogP contribution in [0, 0.1) is 17.0 Å². The normalized spacial score (nSPS) is 11.5. The summed E-state index contributed by atoms with van der Waals surface area (Å²) in [6.07, 6.45) is -2.67. The van der Waals surface area contributed by atoms with Gasteiger partial charge in [0.1, 0.15) is 17.9 Å². The summed E-state index contributed by atoms with van der Waals surface area (Å²) in [4.78, 5) is 50.0. The zero-order valence-electron chi connectivity index (χ0n) is 29.0. The molecule has 0 radical (unpaired) electrons. The van der Waals surface area contributed by atoms with E-state index in [1.54, 1.807) is 44.2 Å². The molecule has 0 bridgehead atoms. The molecule has 1 heterocycles. The minimum Gasteiger partial charge on any atom is -0.494 e. The Morgan fingerprint density at radius 1 is 0.941 bits per heavy atom. The number of unbranched alkanes of at least 4 members (excludes halogenated alkanes) is 1. The molecule has 0 saturated carbocycles. The van der Waals surface area contributed by atoms with Crippen molar-refractivity contribution in [3.8, 4) is 16.9 Å². The number of aromatic nitrogens is 2. The maximum Gasteiger partial charge on any atom is 0.416 e. The van der Waals surface area contributed by atoms with Crippen LogP contribution in [-0.4, -0.2) is 34.9 Å². The van der Waals surface area contributed by atoms with Crippen molar-refractivity contribution in [2.75, 3.05) is 13.7 Å². The van der Waals surface area contributed by atoms with E-state index in [9.17, 15) is 32.3 Å². The first kappa shape index (κ1) is 40.5. The van der Waals surface area contributed by atoms with Crippen molar-refractivity contribution in [2.24, 2.45) is 11.1 Å². The van der Waals surface area contributed by atoms with E-state index < -0.39 is 52.1 Å². The number of benzene rings is 3. The van der Waals surface area contributed by atoms with E-state index in [0.717, 1.165) is 39.5 Å². The maximum absolute atomic E-state index is 15.9. The summed E-state index contributed by atoms with van der Waals surface area (Å²) in [5.74, 6) is -2.55. The summed E-state index contributed by atoms with van der Waals surface area (Å²) in [5, 5.41) is 0. The Morgan fingerprint density at radius 3 is 2.18 bits per heavy atom. The molecule has 4 aromatic rings. The number of Topliss-reactive ketones (excluding diaryl/α,β-unsaturated/α-hetero) is 1. The van der Waals surface area contributed by atoms with Gasteiger partial charge in [0.2, 0.25) is 0 Å². The molecule has 3 aromatic carbocycles. The average Bonchev–Trinajstić information content (AvgIpc) is 3.06. The second-order valence-electron chi connectivity index (χ2n) is 12.8. The van der Waals surface area contributed by atoms with Gasteiger partial charge < -0.3 is 20.1 Å². The molecular weight excluding hydrogens is 673 g/mol. The Morgan fingerprint density at radius 2 is 1.61 bits per heavy atom. The molecule has 274 valence electrons. The lowest BCUT2D eigenvalue weighted by Crippen LogP contribution is -2.44. The number of methoxy groups -OCH3 is 1. The lowest BCUT2D eigenvalue weighted by molar-refractivity contribution is -0.138. The molecule has 0 aliphatic heterocycles. The molecule has 0 saturated heterocycles. The second kappa shape index (κ2) is 17.8. The summed E-state index contributed by atoms with van der Waals surface area (Å²) in [5.41, 5.74) is 0.239. The number of rotatable bonds is 14. The van der Waals surface area contributed by atoms with E-state index in [2.05, 4.69) is 0 Å². The van der Waals surface area contributed by atoms with Gasteiger partial charge in [0.25, 0.3) is 5.56 Å². The van der Waals surface area contributed by atoms with Crippen LogP contribution in [0.15, 0.2) is 76.3 Å². The van der Waals surface area contributed by atoms with Crippen molar-refractivity contribution in [2.45, 2.75) is 72.1 Å². The molecule has 0 amide bonds. The van der Waals surface area contributed by atoms with Crippen molar-refractivity contribution in [1.29, 1.82) is 0 Å². The zero-order valence-corrected chi connectivity index (χ0v) is 29.0. The number of carbonyl (C=O) groups excluding carboxylic acids is 2. The van der Waals surface area contributed by atoms with Crippen LogP contribution in [0.1, 0.15) is 62.4 Å². The van der Waals surface area contributed by atoms with Gasteiger partial charge in [-0.15, -0.1) is 0 Å². The van der Waals surface area contributed by atoms with Crippen LogP contribution in [0.2, 0.25) is 0 Å². The highest BCUT2D eigenvalue weighted by molar-refractivity contribution is 5.76. The number of aryl methyl sites for hydroxylation is 1. The van der Waals surface area contributed by atoms with E-state index >= 15 is 8.78 Å². The van der Waals surface area contributed by atoms with Gasteiger partial charge in [0.15, 0.2) is 11.6 Å². The van der Waals surface area contributed by atoms with Gasteiger partial charge in [0, 0.05) is 36.2 Å². The second-order valence-corrected chi connectivity index (χ2v) is 12.8. The summed E-state index contributed by atoms with van der Waals surface area (Å²) in [6, 6.07) is 15.4. The van der Waals surface area contributed by atoms with Crippen molar-refractivity contribution in [1.82, 2.24) is 9.13 Å². The number of alkyl halides is 3. The number of nitrogens with two attached hydrogens (primary N) is 1. The fraction of sp³-hybridized carbons (Fsp3) is 0.368. The first-order chi connectivity index (χ1) is 24.1. The van der Waals surface area contributed by atoms with Crippen LogP contribution in [0.25, 0.3) is 11.1 Å². The fourth-order valence-electron chi connectivity index (χ4n) is 5.84. The molecule has 8 nitrogen and oxygen atoms in total. The highest BCUT2D eigenvalue weighted by atomic mass is 19.4. The number of carbonyl (C=O) groups is 2. The quantitative estimate of drug-likeness (QED) is 0.0879. The number of halogens is 5. The average molecular weight is 716 g/mol. The standard InChI is InChI=1S/C34H33F5N2O4.C4H9NO/c1-21(42)18-33(2,3)19-27-29(23-12-8-15-28(45-4)30(23)36)31(43)40(17-16-22-10-6-5-7-11-22)32(44)41(27)20-24-25(34(37,38)39)13-9-14-26(24)35;5-3-1-2-4-6/h5-15H,16-20H2,1-4H3;4H,1-3,5H2. The Balaban J connectivity index is 0.00000107. The minimum absolute atomic E-state index is 0.0220. The van der Waals surface area contributed by atoms with E-state index in [-0.39, 0.29) is 54.2 Å². The largest absolute Gasteiger partial charge is 0.494 e. The number of ketones is 1. The van der Waals surface area contributed by atoms with Gasteiger partial charge in [-0.1, -0.05) is 62.4 Å². The van der Waals surface area contributed by atoms with Crippen molar-refractivity contribution >= 4 is 12.1 Å². The molecule has 0 aliphatic rings. The fourth-order valence-corrected chi connectivity index (χ4v) is 5.84. The molecule has 0 aliphatic carbocycles. The Kier molecular flexibility index (Phi) is 14.2. The molecule has 0 fully saturated rings. The van der Waals surface area contributed by atoms with Gasteiger partial charge in [-0.25, -0.2) is 13.6 Å². The summed E-state index contributed by atoms with van der Waals surface area (Å²) >= 11 is 0. The molecule has 0 unspecified atom stereocenters. The molecule has 51 heavy (non-hydrogen) atoms. The molecular formula is C38H42F5N3O5. The van der Waals surface area contributed by atoms with Crippen molar-refractivity contribution < 1.29 is 36.3 Å². The van der Waals surface area contributed by atoms with Crippen molar-refractivity contribution in [3.05, 3.63) is 122 Å². The van der Waals surface area contributed by atoms with Crippen LogP contribution in [0.5, 0.6) is 5.75 Å². The van der Waals surface area contributed by atoms with Crippen LogP contribution in [-0.2, 0) is 41.7 Å². The van der Waals surface area contributed by atoms with Crippen LogP contribution >= 0.6 is 0 Å². The van der Waals surface area contributed by atoms with E-state index in [1.807, 2.05) is 0 Å². The topological polar surface area (TPSA) is 113 Å². The minimum atomic E-state index is -4.96. The third-order valence-corrected chi connectivity index (χ3v) is 8.09. The highest BCUT2D eigenvalue weighted by Crippen LogP contribution is 2.36. The Bertz CT molecular complexity index is 1940. The summed E-state index contributed by atoms with van der Waals surface area (Å²) in [6.45, 7) is 4.24. The molecule has 0 spiro atoms. The smallest absolute Gasteiger partial charge is 0.416 e. The lowest BCUT2D eigenvalue weighted by atomic mass is 9.81. The van der Waals surface area contributed by atoms with Crippen LogP contribution in [0.3, 0.4) is 0 Å². The lowest BCUT2D eigenvalue weighted by Gasteiger charge is -2.28. The summed E-state index contributed by atoms with van der Waals surface area (Å²) in [7, 11) is 1.23. The zero-order chi connectivity index (χ0) is 37.9. The SMILES string of the molecule is COc1cccc(-c2c(CC(C)(C)CC(C)=O)n(Cc3c(F)cccc3C(F)(F)F)c(=O)n(CCc3ccccc3)c2=O)c1F.NCCCC=O. The van der Waals surface area contributed by atoms with Crippen LogP contribution in [0.4, 0.5) is 22.0 Å². The van der Waals surface area contributed by atoms with Gasteiger partial charge in [-0.2, -0.15) is 13.2 Å². The van der Waals surface area contributed by atoms with Crippen molar-refractivity contribution in [3.63, 3.8) is 0 Å². The first-order valence-electron chi connectivity index (χ1n) is 16.3. The number of hydrogen-bond donors (Lipinski definition) is 1. The number of aldehydes is 1. The maximum atomic E-state index is 15.9. The number of hydrogen-bond acceptors (Lipinski definition) is 6. The summed E-state index contributed by atoms with van der Waals surface area (Å²) < 4.78 is 80.1. The van der Waals surface area contributed by atoms with Gasteiger partial charge in [0.05, 0.1) is 24.8 Å². The molecule has 0 atom stereocenters. The van der Waals surface area contributed by atoms with E-state index in [4.69, 9.17) is 10.5 Å². The first-order valence-corrected chi connectivity index (χ1v) is 16.3. The monoisotopic (exact) mass is 715 g/mol. The molecule has 4 rings (SSSR count). The Labute approximate surface area is 292 Å².